The molecule has 0 aliphatic carbocycles. The Morgan fingerprint density at radius 2 is 1.74 bits per heavy atom. The molecule has 1 aromatic heterocycles. The molecule has 3 aromatic rings. The van der Waals surface area contributed by atoms with Crippen LogP contribution in [0, 0.1) is 0 Å². The molecule has 1 heterocycles. The van der Waals surface area contributed by atoms with Crippen LogP contribution in [-0.2, 0) is 13.1 Å². The lowest BCUT2D eigenvalue weighted by Crippen LogP contribution is -2.08. The lowest BCUT2D eigenvalue weighted by molar-refractivity contribution is 0.768. The highest BCUT2D eigenvalue weighted by atomic mass is 79.9. The molecule has 0 unspecified atom stereocenters. The van der Waals surface area contributed by atoms with Crippen molar-refractivity contribution in [2.24, 2.45) is 5.73 Å². The van der Waals surface area contributed by atoms with E-state index in [1.165, 1.54) is 22.2 Å². The topological polar surface area (TPSA) is 30.9 Å². The molecule has 0 bridgehead atoms. The minimum atomic E-state index is 0.561. The smallest absolute Gasteiger partial charge is 0.0486 e. The summed E-state index contributed by atoms with van der Waals surface area (Å²) in [4.78, 5) is 0. The Morgan fingerprint density at radius 1 is 1.00 bits per heavy atom. The zero-order valence-corrected chi connectivity index (χ0v) is 12.1. The largest absolute Gasteiger partial charge is 0.339 e. The van der Waals surface area contributed by atoms with Crippen molar-refractivity contribution in [2.45, 2.75) is 13.1 Å². The summed E-state index contributed by atoms with van der Waals surface area (Å²) < 4.78 is 3.39. The molecule has 2 aromatic carbocycles. The second kappa shape index (κ2) is 5.19. The number of fused-ring (bicyclic) bond motifs is 1. The third-order valence-corrected chi connectivity index (χ3v) is 3.89. The Labute approximate surface area is 121 Å². The third kappa shape index (κ3) is 2.44. The van der Waals surface area contributed by atoms with Gasteiger partial charge in [0.05, 0.1) is 0 Å². The second-order valence-electron chi connectivity index (χ2n) is 4.61. The number of benzene rings is 2. The first kappa shape index (κ1) is 12.5. The van der Waals surface area contributed by atoms with Crippen LogP contribution in [0.5, 0.6) is 0 Å². The molecule has 0 amide bonds. The van der Waals surface area contributed by atoms with Gasteiger partial charge in [0.1, 0.15) is 0 Å². The number of hydrogen-bond acceptors (Lipinski definition) is 1. The first-order valence-corrected chi connectivity index (χ1v) is 7.09. The molecule has 0 spiro atoms. The van der Waals surface area contributed by atoms with E-state index in [0.717, 1.165) is 11.0 Å². The van der Waals surface area contributed by atoms with Gasteiger partial charge in [-0.05, 0) is 35.2 Å². The third-order valence-electron chi connectivity index (χ3n) is 3.36. The number of halogens is 1. The molecule has 2 N–H and O–H groups in total. The van der Waals surface area contributed by atoms with Gasteiger partial charge in [-0.1, -0.05) is 46.3 Å². The maximum absolute atomic E-state index is 5.86. The molecule has 96 valence electrons. The lowest BCUT2D eigenvalue weighted by Gasteiger charge is -2.10. The van der Waals surface area contributed by atoms with Crippen LogP contribution in [-0.4, -0.2) is 4.57 Å². The Hall–Kier alpha value is -1.58. The van der Waals surface area contributed by atoms with E-state index in [-0.39, 0.29) is 0 Å². The Balaban J connectivity index is 2.06. The SMILES string of the molecule is NCc1cc2ccccc2n1Cc1ccc(Br)cc1. The van der Waals surface area contributed by atoms with E-state index >= 15 is 0 Å². The van der Waals surface area contributed by atoms with Crippen LogP contribution in [0.3, 0.4) is 0 Å². The monoisotopic (exact) mass is 314 g/mol. The molecule has 19 heavy (non-hydrogen) atoms. The van der Waals surface area contributed by atoms with Crippen molar-refractivity contribution in [3.63, 3.8) is 0 Å². The fraction of sp³-hybridized carbons (Fsp3) is 0.125. The van der Waals surface area contributed by atoms with Crippen LogP contribution in [0.1, 0.15) is 11.3 Å². The number of aromatic nitrogens is 1. The summed E-state index contributed by atoms with van der Waals surface area (Å²) in [5, 5.41) is 1.25. The fourth-order valence-electron chi connectivity index (χ4n) is 2.40. The molecule has 0 saturated carbocycles. The quantitative estimate of drug-likeness (QED) is 0.780. The molecular formula is C16H15BrN2. The van der Waals surface area contributed by atoms with E-state index in [0.29, 0.717) is 6.54 Å². The molecule has 2 nitrogen and oxygen atoms in total. The van der Waals surface area contributed by atoms with Gasteiger partial charge in [-0.2, -0.15) is 0 Å². The number of rotatable bonds is 3. The van der Waals surface area contributed by atoms with E-state index in [2.05, 4.69) is 75.1 Å². The first-order valence-electron chi connectivity index (χ1n) is 6.29. The summed E-state index contributed by atoms with van der Waals surface area (Å²) in [6, 6.07) is 19.0. The summed E-state index contributed by atoms with van der Waals surface area (Å²) in [5.74, 6) is 0. The number of nitrogens with zero attached hydrogens (tertiary/aromatic N) is 1. The molecule has 0 radical (unpaired) electrons. The highest BCUT2D eigenvalue weighted by Crippen LogP contribution is 2.21. The fourth-order valence-corrected chi connectivity index (χ4v) is 2.66. The molecule has 0 aliphatic heterocycles. The van der Waals surface area contributed by atoms with Crippen molar-refractivity contribution < 1.29 is 0 Å². The average molecular weight is 315 g/mol. The number of hydrogen-bond donors (Lipinski definition) is 1. The van der Waals surface area contributed by atoms with Crippen LogP contribution in [0.2, 0.25) is 0 Å². The van der Waals surface area contributed by atoms with E-state index in [9.17, 15) is 0 Å². The summed E-state index contributed by atoms with van der Waals surface area (Å²) >= 11 is 3.46. The normalized spacial score (nSPS) is 11.1. The van der Waals surface area contributed by atoms with Crippen LogP contribution >= 0.6 is 15.9 Å². The summed E-state index contributed by atoms with van der Waals surface area (Å²) in [5.41, 5.74) is 9.55. The average Bonchev–Trinajstić information content (AvgIpc) is 2.79. The van der Waals surface area contributed by atoms with Crippen LogP contribution in [0.15, 0.2) is 59.1 Å². The van der Waals surface area contributed by atoms with Gasteiger partial charge >= 0.3 is 0 Å². The van der Waals surface area contributed by atoms with Crippen LogP contribution in [0.4, 0.5) is 0 Å². The van der Waals surface area contributed by atoms with E-state index in [1.807, 2.05) is 0 Å². The number of nitrogens with two attached hydrogens (primary N) is 1. The van der Waals surface area contributed by atoms with E-state index < -0.39 is 0 Å². The second-order valence-corrected chi connectivity index (χ2v) is 5.53. The molecule has 3 rings (SSSR count). The van der Waals surface area contributed by atoms with Crippen LogP contribution < -0.4 is 5.73 Å². The Kier molecular flexibility index (Phi) is 3.40. The van der Waals surface area contributed by atoms with Gasteiger partial charge < -0.3 is 10.3 Å². The van der Waals surface area contributed by atoms with E-state index in [4.69, 9.17) is 5.73 Å². The maximum atomic E-state index is 5.86. The lowest BCUT2D eigenvalue weighted by atomic mass is 10.2. The molecule has 0 fully saturated rings. The van der Waals surface area contributed by atoms with Gasteiger partial charge in [-0.3, -0.25) is 0 Å². The zero-order valence-electron chi connectivity index (χ0n) is 10.5. The van der Waals surface area contributed by atoms with E-state index in [1.54, 1.807) is 0 Å². The predicted molar refractivity (Wildman–Crippen MR) is 83.1 cm³/mol. The Bertz CT molecular complexity index is 698. The zero-order chi connectivity index (χ0) is 13.2. The van der Waals surface area contributed by atoms with Crippen molar-refractivity contribution in [1.29, 1.82) is 0 Å². The summed E-state index contributed by atoms with van der Waals surface area (Å²) in [7, 11) is 0. The minimum Gasteiger partial charge on any atom is -0.339 e. The summed E-state index contributed by atoms with van der Waals surface area (Å²) in [6.07, 6.45) is 0. The molecule has 0 saturated heterocycles. The standard InChI is InChI=1S/C16H15BrN2/c17-14-7-5-12(6-8-14)11-19-15(10-18)9-13-3-1-2-4-16(13)19/h1-9H,10-11,18H2. The molecule has 0 atom stereocenters. The van der Waals surface area contributed by atoms with Gasteiger partial charge in [0, 0.05) is 28.8 Å². The highest BCUT2D eigenvalue weighted by Gasteiger charge is 2.07. The number of para-hydroxylation sites is 1. The Morgan fingerprint density at radius 3 is 2.47 bits per heavy atom. The van der Waals surface area contributed by atoms with Crippen molar-refractivity contribution in [1.82, 2.24) is 4.57 Å². The maximum Gasteiger partial charge on any atom is 0.0486 e. The molecular weight excluding hydrogens is 300 g/mol. The predicted octanol–water partition coefficient (Wildman–Crippen LogP) is 3.91. The molecule has 0 aliphatic rings. The summed E-state index contributed by atoms with van der Waals surface area (Å²) in [6.45, 7) is 1.42. The van der Waals surface area contributed by atoms with Crippen molar-refractivity contribution in [2.75, 3.05) is 0 Å². The van der Waals surface area contributed by atoms with Gasteiger partial charge in [0.2, 0.25) is 0 Å². The molecule has 3 heteroatoms. The highest BCUT2D eigenvalue weighted by molar-refractivity contribution is 9.10. The van der Waals surface area contributed by atoms with Crippen molar-refractivity contribution >= 4 is 26.8 Å². The van der Waals surface area contributed by atoms with Crippen molar-refractivity contribution in [3.8, 4) is 0 Å². The van der Waals surface area contributed by atoms with Gasteiger partial charge in [0.25, 0.3) is 0 Å². The first-order chi connectivity index (χ1) is 9.28. The van der Waals surface area contributed by atoms with Crippen molar-refractivity contribution in [3.05, 3.63) is 70.3 Å². The van der Waals surface area contributed by atoms with Gasteiger partial charge in [-0.15, -0.1) is 0 Å². The van der Waals surface area contributed by atoms with Crippen LogP contribution in [0.25, 0.3) is 10.9 Å². The van der Waals surface area contributed by atoms with Gasteiger partial charge in [-0.25, -0.2) is 0 Å². The minimum absolute atomic E-state index is 0.561. The van der Waals surface area contributed by atoms with Gasteiger partial charge in [0.15, 0.2) is 0 Å².